The molecule has 16 nitrogen and oxygen atoms in total. The van der Waals surface area contributed by atoms with Gasteiger partial charge >= 0.3 is 0 Å². The van der Waals surface area contributed by atoms with Gasteiger partial charge in [-0.15, -0.1) is 0 Å². The first-order valence-electron chi connectivity index (χ1n) is 15.8. The summed E-state index contributed by atoms with van der Waals surface area (Å²) in [5.41, 5.74) is 0. The van der Waals surface area contributed by atoms with Gasteiger partial charge in [0, 0.05) is 33.2 Å². The van der Waals surface area contributed by atoms with Crippen LogP contribution in [0, 0.1) is 0 Å². The Morgan fingerprint density at radius 1 is 0.596 bits per heavy atom. The molecule has 0 aromatic heterocycles. The molecule has 0 rings (SSSR count). The van der Waals surface area contributed by atoms with Gasteiger partial charge in [-0.25, -0.2) is 0 Å². The Morgan fingerprint density at radius 3 is 1.26 bits per heavy atom. The number of hydrogen-bond acceptors (Lipinski definition) is 14. The van der Waals surface area contributed by atoms with Crippen molar-refractivity contribution in [3.63, 3.8) is 0 Å². The van der Waals surface area contributed by atoms with Crippen LogP contribution in [-0.2, 0) is 66.5 Å². The highest BCUT2D eigenvalue weighted by Crippen LogP contribution is 2.00. The van der Waals surface area contributed by atoms with Crippen molar-refractivity contribution >= 4 is 23.9 Å². The Bertz CT molecular complexity index is 802. The van der Waals surface area contributed by atoms with Crippen molar-refractivity contribution in [3.8, 4) is 0 Å². The van der Waals surface area contributed by atoms with Gasteiger partial charge in [-0.3, -0.25) is 19.2 Å². The summed E-state index contributed by atoms with van der Waals surface area (Å²) in [5, 5.41) is 2.62. The van der Waals surface area contributed by atoms with Gasteiger partial charge in [0.25, 0.3) is 0 Å². The number of nitrogens with zero attached hydrogens (tertiary/aromatic N) is 1. The van der Waals surface area contributed by atoms with E-state index in [0.29, 0.717) is 125 Å². The van der Waals surface area contributed by atoms with Gasteiger partial charge in [0.15, 0.2) is 5.78 Å². The van der Waals surface area contributed by atoms with Crippen LogP contribution in [-0.4, -0.2) is 181 Å². The molecular formula is C31H56N2O14. The highest BCUT2D eigenvalue weighted by molar-refractivity contribution is 5.95. The molecule has 274 valence electrons. The molecule has 1 N–H and O–H groups in total. The third-order valence-electron chi connectivity index (χ3n) is 5.98. The number of amides is 2. The quantitative estimate of drug-likeness (QED) is 0.0507. The highest BCUT2D eigenvalue weighted by atomic mass is 16.6. The molecule has 47 heavy (non-hydrogen) atoms. The van der Waals surface area contributed by atoms with Crippen LogP contribution in [0.3, 0.4) is 0 Å². The Morgan fingerprint density at radius 2 is 0.936 bits per heavy atom. The molecule has 0 saturated carbocycles. The van der Waals surface area contributed by atoms with Crippen molar-refractivity contribution in [2.45, 2.75) is 19.4 Å². The van der Waals surface area contributed by atoms with E-state index in [0.717, 1.165) is 12.2 Å². The number of nitrogens with one attached hydrogen (secondary N) is 1. The molecular weight excluding hydrogens is 624 g/mol. The van der Waals surface area contributed by atoms with Gasteiger partial charge in [0.2, 0.25) is 11.8 Å². The summed E-state index contributed by atoms with van der Waals surface area (Å²) in [6.07, 6.45) is 2.66. The van der Waals surface area contributed by atoms with Crippen molar-refractivity contribution in [1.82, 2.24) is 10.2 Å². The van der Waals surface area contributed by atoms with Gasteiger partial charge in [-0.2, -0.15) is 0 Å². The Labute approximate surface area is 278 Å². The lowest BCUT2D eigenvalue weighted by molar-refractivity contribution is -0.134. The number of ether oxygens (including phenoxy) is 10. The van der Waals surface area contributed by atoms with Crippen molar-refractivity contribution in [3.05, 3.63) is 12.2 Å². The van der Waals surface area contributed by atoms with Gasteiger partial charge in [0.1, 0.15) is 12.3 Å². The number of carbonyl (C=O) groups is 4. The van der Waals surface area contributed by atoms with Gasteiger partial charge < -0.3 is 57.6 Å². The number of hydrogen-bond donors (Lipinski definition) is 1. The molecule has 0 spiro atoms. The number of carbonyl (C=O) groups excluding carboxylic acids is 4. The fourth-order valence-corrected chi connectivity index (χ4v) is 3.41. The second-order valence-electron chi connectivity index (χ2n) is 9.63. The molecule has 0 aliphatic rings. The van der Waals surface area contributed by atoms with E-state index in [1.807, 2.05) is 0 Å². The number of methoxy groups -OCH3 is 1. The van der Waals surface area contributed by atoms with Gasteiger partial charge in [-0.05, 0) is 13.0 Å². The summed E-state index contributed by atoms with van der Waals surface area (Å²) in [4.78, 5) is 47.4. The molecule has 16 heteroatoms. The summed E-state index contributed by atoms with van der Waals surface area (Å²) in [5.74, 6) is -1.12. The van der Waals surface area contributed by atoms with Crippen molar-refractivity contribution in [2.24, 2.45) is 0 Å². The van der Waals surface area contributed by atoms with Crippen molar-refractivity contribution in [2.75, 3.05) is 146 Å². The monoisotopic (exact) mass is 680 g/mol. The number of ketones is 1. The summed E-state index contributed by atoms with van der Waals surface area (Å²) < 4.78 is 53.6. The first kappa shape index (κ1) is 44.6. The van der Waals surface area contributed by atoms with Gasteiger partial charge in [-0.1, -0.05) is 0 Å². The predicted octanol–water partition coefficient (Wildman–Crippen LogP) is -0.540. The van der Waals surface area contributed by atoms with E-state index >= 15 is 0 Å². The van der Waals surface area contributed by atoms with Crippen LogP contribution in [0.5, 0.6) is 0 Å². The lowest BCUT2D eigenvalue weighted by Crippen LogP contribution is -2.48. The molecule has 0 aromatic carbocycles. The zero-order valence-electron chi connectivity index (χ0n) is 28.3. The fourth-order valence-electron chi connectivity index (χ4n) is 3.41. The Kier molecular flexibility index (Phi) is 33.2. The maximum absolute atomic E-state index is 12.0. The smallest absolute Gasteiger partial charge is 0.247 e. The lowest BCUT2D eigenvalue weighted by Gasteiger charge is -2.25. The molecule has 0 aliphatic heterocycles. The minimum absolute atomic E-state index is 0.0358. The molecule has 0 radical (unpaired) electrons. The summed E-state index contributed by atoms with van der Waals surface area (Å²) in [6, 6.07) is -0.839. The number of aldehydes is 1. The van der Waals surface area contributed by atoms with Gasteiger partial charge in [0.05, 0.1) is 126 Å². The topological polar surface area (TPSA) is 176 Å². The van der Waals surface area contributed by atoms with E-state index in [-0.39, 0.29) is 31.3 Å². The maximum atomic E-state index is 12.0. The molecule has 1 atom stereocenters. The molecule has 0 fully saturated rings. The highest BCUT2D eigenvalue weighted by Gasteiger charge is 2.23. The summed E-state index contributed by atoms with van der Waals surface area (Å²) >= 11 is 0. The molecule has 0 aliphatic carbocycles. The van der Waals surface area contributed by atoms with Crippen LogP contribution in [0.25, 0.3) is 0 Å². The van der Waals surface area contributed by atoms with E-state index in [9.17, 15) is 19.2 Å². The molecule has 2 amide bonds. The zero-order valence-corrected chi connectivity index (χ0v) is 28.3. The zero-order chi connectivity index (χ0) is 34.6. The average molecular weight is 681 g/mol. The Hall–Kier alpha value is -2.38. The third-order valence-corrected chi connectivity index (χ3v) is 5.98. The molecule has 0 saturated heterocycles. The first-order valence-corrected chi connectivity index (χ1v) is 15.8. The molecule has 0 aromatic rings. The van der Waals surface area contributed by atoms with Crippen LogP contribution in [0.1, 0.15) is 13.3 Å². The first-order chi connectivity index (χ1) is 22.9. The Balaban J connectivity index is 3.39. The van der Waals surface area contributed by atoms with E-state index in [2.05, 4.69) is 5.32 Å². The normalized spacial score (nSPS) is 12.0. The van der Waals surface area contributed by atoms with E-state index in [4.69, 9.17) is 47.4 Å². The van der Waals surface area contributed by atoms with Crippen LogP contribution in [0.15, 0.2) is 12.2 Å². The van der Waals surface area contributed by atoms with Crippen molar-refractivity contribution in [1.29, 1.82) is 0 Å². The minimum Gasteiger partial charge on any atom is -0.382 e. The largest absolute Gasteiger partial charge is 0.382 e. The van der Waals surface area contributed by atoms with Crippen molar-refractivity contribution < 1.29 is 66.5 Å². The fraction of sp³-hybridized carbons (Fsp3) is 0.806. The minimum atomic E-state index is -0.839. The number of Topliss-reactive ketones (excluding diaryl/α,β-unsaturated/α-hetero) is 1. The van der Waals surface area contributed by atoms with Crippen LogP contribution in [0.2, 0.25) is 0 Å². The summed E-state index contributed by atoms with van der Waals surface area (Å²) in [7, 11) is 3.06. The molecule has 1 unspecified atom stereocenters. The van der Waals surface area contributed by atoms with Crippen LogP contribution >= 0.6 is 0 Å². The van der Waals surface area contributed by atoms with E-state index in [1.54, 1.807) is 7.11 Å². The standard InChI is InChI=1S/C31H56N2O14/c1-28(35)29(33(2)31(37)5-4-7-34)27-32-30(36)6-8-39-11-12-41-15-16-43-19-20-45-23-24-47-26-25-46-22-21-44-18-17-42-14-13-40-10-9-38-3/h4-5,7,29H,6,8-27H2,1-3H3,(H,32,36)/b5-4-. The summed E-state index contributed by atoms with van der Waals surface area (Å²) in [6.45, 7) is 9.96. The lowest BCUT2D eigenvalue weighted by atomic mass is 10.1. The van der Waals surface area contributed by atoms with E-state index < -0.39 is 11.9 Å². The molecule has 0 bridgehead atoms. The molecule has 0 heterocycles. The van der Waals surface area contributed by atoms with Crippen LogP contribution < -0.4 is 5.32 Å². The SMILES string of the molecule is COCCOCCOCCOCCOCCOCCOCCOCCOCCOCCC(=O)NCC(C(C)=O)N(C)C(=O)/C=C\C=O. The number of allylic oxidation sites excluding steroid dienone is 1. The van der Waals surface area contributed by atoms with Crippen LogP contribution in [0.4, 0.5) is 0 Å². The number of rotatable bonds is 36. The average Bonchev–Trinajstić information content (AvgIpc) is 3.06. The predicted molar refractivity (Wildman–Crippen MR) is 169 cm³/mol. The maximum Gasteiger partial charge on any atom is 0.247 e. The second-order valence-corrected chi connectivity index (χ2v) is 9.63. The van der Waals surface area contributed by atoms with E-state index in [1.165, 1.54) is 18.9 Å². The number of likely N-dealkylation sites (N-methyl/N-ethyl adjacent to an activating group) is 1. The second kappa shape index (κ2) is 34.9. The third kappa shape index (κ3) is 30.7.